The molecular weight excluding hydrogens is 476 g/mol. The number of rotatable bonds is 7. The van der Waals surface area contributed by atoms with Gasteiger partial charge in [0.1, 0.15) is 16.5 Å². The Morgan fingerprint density at radius 1 is 1.00 bits per heavy atom. The van der Waals surface area contributed by atoms with Crippen LogP contribution in [0.4, 0.5) is 4.39 Å². The Kier molecular flexibility index (Phi) is 7.44. The van der Waals surface area contributed by atoms with Crippen LogP contribution in [0.15, 0.2) is 71.6 Å². The second-order valence-electron chi connectivity index (χ2n) is 7.29. The van der Waals surface area contributed by atoms with Crippen LogP contribution in [0.2, 0.25) is 10.0 Å². The molecule has 0 aromatic heterocycles. The topological polar surface area (TPSA) is 63.7 Å². The molecule has 168 valence electrons. The van der Waals surface area contributed by atoms with Crippen molar-refractivity contribution in [1.82, 2.24) is 4.90 Å². The highest BCUT2D eigenvalue weighted by atomic mass is 35.5. The van der Waals surface area contributed by atoms with Crippen molar-refractivity contribution in [1.29, 1.82) is 0 Å². The molecule has 9 heteroatoms. The molecule has 0 heterocycles. The van der Waals surface area contributed by atoms with Crippen molar-refractivity contribution in [2.75, 3.05) is 0 Å². The van der Waals surface area contributed by atoms with E-state index in [1.54, 1.807) is 35.2 Å². The van der Waals surface area contributed by atoms with Gasteiger partial charge in [0.2, 0.25) is 0 Å². The Balaban J connectivity index is 1.81. The number of nitrogens with zero attached hydrogens (tertiary/aromatic N) is 1. The maximum absolute atomic E-state index is 13.1. The van der Waals surface area contributed by atoms with Crippen molar-refractivity contribution in [3.63, 3.8) is 0 Å². The van der Waals surface area contributed by atoms with Crippen LogP contribution >= 0.6 is 23.2 Å². The zero-order chi connectivity index (χ0) is 23.5. The summed E-state index contributed by atoms with van der Waals surface area (Å²) in [6, 6.07) is 15.3. The van der Waals surface area contributed by atoms with Gasteiger partial charge in [0.15, 0.2) is 0 Å². The van der Waals surface area contributed by atoms with Gasteiger partial charge in [-0.05, 0) is 74.0 Å². The lowest BCUT2D eigenvalue weighted by atomic mass is 10.1. The fourth-order valence-electron chi connectivity index (χ4n) is 2.95. The van der Waals surface area contributed by atoms with E-state index in [4.69, 9.17) is 27.4 Å². The molecule has 0 spiro atoms. The molecule has 0 saturated carbocycles. The highest BCUT2D eigenvalue weighted by molar-refractivity contribution is 7.87. The summed E-state index contributed by atoms with van der Waals surface area (Å²) in [5, 5.41) is 0.633. The zero-order valence-corrected chi connectivity index (χ0v) is 19.6. The predicted molar refractivity (Wildman–Crippen MR) is 122 cm³/mol. The van der Waals surface area contributed by atoms with Crippen LogP contribution in [0.1, 0.15) is 29.8 Å². The first kappa shape index (κ1) is 24.0. The van der Waals surface area contributed by atoms with Gasteiger partial charge in [0, 0.05) is 18.2 Å². The molecule has 1 amide bonds. The third-order valence-corrected chi connectivity index (χ3v) is 6.61. The number of halogens is 3. The van der Waals surface area contributed by atoms with Crippen LogP contribution in [0.25, 0.3) is 0 Å². The van der Waals surface area contributed by atoms with Gasteiger partial charge in [-0.15, -0.1) is 0 Å². The fraction of sp³-hybridized carbons (Fsp3) is 0.174. The Morgan fingerprint density at radius 3 is 2.31 bits per heavy atom. The first-order valence-electron chi connectivity index (χ1n) is 9.62. The van der Waals surface area contributed by atoms with Crippen molar-refractivity contribution in [2.45, 2.75) is 31.3 Å². The number of carbonyl (C=O) groups excluding carboxylic acids is 1. The first-order valence-corrected chi connectivity index (χ1v) is 11.8. The molecule has 0 radical (unpaired) electrons. The molecule has 32 heavy (non-hydrogen) atoms. The summed E-state index contributed by atoms with van der Waals surface area (Å²) in [7, 11) is -4.13. The van der Waals surface area contributed by atoms with Gasteiger partial charge in [-0.25, -0.2) is 4.39 Å². The lowest BCUT2D eigenvalue weighted by Crippen LogP contribution is -2.36. The van der Waals surface area contributed by atoms with Crippen LogP contribution in [-0.4, -0.2) is 25.3 Å². The highest BCUT2D eigenvalue weighted by Crippen LogP contribution is 2.25. The summed E-state index contributed by atoms with van der Waals surface area (Å²) in [5.41, 5.74) is 1.05. The number of hydrogen-bond donors (Lipinski definition) is 0. The summed E-state index contributed by atoms with van der Waals surface area (Å²) in [6.45, 7) is 3.95. The monoisotopic (exact) mass is 495 g/mol. The molecule has 3 aromatic rings. The summed E-state index contributed by atoms with van der Waals surface area (Å²) in [4.78, 5) is 14.5. The maximum atomic E-state index is 13.1. The zero-order valence-electron chi connectivity index (χ0n) is 17.3. The van der Waals surface area contributed by atoms with Gasteiger partial charge in [-0.2, -0.15) is 8.42 Å². The Labute approximate surface area is 196 Å². The van der Waals surface area contributed by atoms with Crippen molar-refractivity contribution in [3.05, 3.63) is 93.7 Å². The summed E-state index contributed by atoms with van der Waals surface area (Å²) in [5.74, 6) is -0.715. The molecule has 3 rings (SSSR count). The molecule has 5 nitrogen and oxygen atoms in total. The number of carbonyl (C=O) groups is 1. The molecule has 0 saturated heterocycles. The smallest absolute Gasteiger partial charge is 0.339 e. The molecule has 0 unspecified atom stereocenters. The minimum Gasteiger partial charge on any atom is -0.379 e. The van der Waals surface area contributed by atoms with Gasteiger partial charge < -0.3 is 9.08 Å². The van der Waals surface area contributed by atoms with E-state index in [9.17, 15) is 17.6 Å². The minimum absolute atomic E-state index is 0.0810. The molecule has 0 bridgehead atoms. The van der Waals surface area contributed by atoms with Crippen LogP contribution in [0, 0.1) is 5.82 Å². The molecule has 3 aromatic carbocycles. The van der Waals surface area contributed by atoms with Crippen molar-refractivity contribution in [2.24, 2.45) is 0 Å². The predicted octanol–water partition coefficient (Wildman–Crippen LogP) is 5.95. The van der Waals surface area contributed by atoms with Gasteiger partial charge >= 0.3 is 10.1 Å². The third kappa shape index (κ3) is 5.79. The molecular formula is C23H20Cl2FNO4S. The SMILES string of the molecule is CC(C)N(Cc1cccc(OS(=O)(=O)c2ccc(F)cc2)c1)C(=O)c1ccc(Cl)c(Cl)c1. The van der Waals surface area contributed by atoms with E-state index >= 15 is 0 Å². The average molecular weight is 496 g/mol. The van der Waals surface area contributed by atoms with Crippen molar-refractivity contribution >= 4 is 39.2 Å². The quantitative estimate of drug-likeness (QED) is 0.379. The molecule has 0 atom stereocenters. The standard InChI is InChI=1S/C23H20Cl2FNO4S/c1-15(2)27(23(28)17-6-11-21(24)22(25)13-17)14-16-4-3-5-19(12-16)31-32(29,30)20-9-7-18(26)8-10-20/h3-13,15H,14H2,1-2H3. The normalized spacial score (nSPS) is 11.4. The number of hydrogen-bond acceptors (Lipinski definition) is 4. The van der Waals surface area contributed by atoms with Crippen LogP contribution < -0.4 is 4.18 Å². The van der Waals surface area contributed by atoms with E-state index in [1.165, 1.54) is 12.1 Å². The van der Waals surface area contributed by atoms with E-state index < -0.39 is 15.9 Å². The van der Waals surface area contributed by atoms with E-state index in [1.807, 2.05) is 13.8 Å². The Morgan fingerprint density at radius 2 is 1.69 bits per heavy atom. The van der Waals surface area contributed by atoms with E-state index in [2.05, 4.69) is 0 Å². The molecule has 0 aliphatic rings. The third-order valence-electron chi connectivity index (χ3n) is 4.61. The lowest BCUT2D eigenvalue weighted by molar-refractivity contribution is 0.0690. The van der Waals surface area contributed by atoms with Crippen LogP contribution in [-0.2, 0) is 16.7 Å². The van der Waals surface area contributed by atoms with E-state index in [-0.39, 0.29) is 34.2 Å². The fourth-order valence-corrected chi connectivity index (χ4v) is 4.17. The molecule has 0 fully saturated rings. The summed E-state index contributed by atoms with van der Waals surface area (Å²) < 4.78 is 43.2. The Hall–Kier alpha value is -2.61. The number of amides is 1. The second-order valence-corrected chi connectivity index (χ2v) is 9.66. The van der Waals surface area contributed by atoms with Gasteiger partial charge in [0.25, 0.3) is 5.91 Å². The average Bonchev–Trinajstić information content (AvgIpc) is 2.73. The maximum Gasteiger partial charge on any atom is 0.339 e. The van der Waals surface area contributed by atoms with Gasteiger partial charge in [-0.3, -0.25) is 4.79 Å². The van der Waals surface area contributed by atoms with Gasteiger partial charge in [-0.1, -0.05) is 35.3 Å². The van der Waals surface area contributed by atoms with Gasteiger partial charge in [0.05, 0.1) is 10.0 Å². The van der Waals surface area contributed by atoms with E-state index in [0.29, 0.717) is 16.1 Å². The minimum atomic E-state index is -4.13. The van der Waals surface area contributed by atoms with Crippen molar-refractivity contribution in [3.8, 4) is 5.75 Å². The molecule has 0 aliphatic heterocycles. The lowest BCUT2D eigenvalue weighted by Gasteiger charge is -2.27. The largest absolute Gasteiger partial charge is 0.379 e. The van der Waals surface area contributed by atoms with Crippen molar-refractivity contribution < 1.29 is 21.8 Å². The first-order chi connectivity index (χ1) is 15.1. The van der Waals surface area contributed by atoms with E-state index in [0.717, 1.165) is 24.3 Å². The molecule has 0 N–H and O–H groups in total. The summed E-state index contributed by atoms with van der Waals surface area (Å²) >= 11 is 12.0. The summed E-state index contributed by atoms with van der Waals surface area (Å²) in [6.07, 6.45) is 0. The highest BCUT2D eigenvalue weighted by Gasteiger charge is 2.21. The van der Waals surface area contributed by atoms with Crippen LogP contribution in [0.3, 0.4) is 0 Å². The molecule has 0 aliphatic carbocycles. The Bertz CT molecular complexity index is 1230. The second kappa shape index (κ2) is 9.90. The number of benzene rings is 3. The van der Waals surface area contributed by atoms with Crippen LogP contribution in [0.5, 0.6) is 5.75 Å².